The summed E-state index contributed by atoms with van der Waals surface area (Å²) in [5.41, 5.74) is 3.59. The van der Waals surface area contributed by atoms with Gasteiger partial charge in [0.1, 0.15) is 11.6 Å². The molecule has 2 saturated heterocycles. The number of benzene rings is 2. The van der Waals surface area contributed by atoms with E-state index in [1.807, 2.05) is 37.1 Å². The van der Waals surface area contributed by atoms with E-state index in [2.05, 4.69) is 16.7 Å². The fourth-order valence-electron chi connectivity index (χ4n) is 7.71. The van der Waals surface area contributed by atoms with Crippen molar-refractivity contribution in [1.82, 2.24) is 19.8 Å². The zero-order valence-electron chi connectivity index (χ0n) is 27.1. The Morgan fingerprint density at radius 2 is 1.87 bits per heavy atom. The molecular formula is C36H47N5O4. The van der Waals surface area contributed by atoms with Crippen LogP contribution >= 0.6 is 0 Å². The van der Waals surface area contributed by atoms with Crippen molar-refractivity contribution in [2.75, 3.05) is 44.8 Å². The monoisotopic (exact) mass is 613 g/mol. The molecule has 1 aliphatic carbocycles. The molecule has 0 spiro atoms. The quantitative estimate of drug-likeness (QED) is 0.339. The second-order valence-corrected chi connectivity index (χ2v) is 14.0. The van der Waals surface area contributed by atoms with Gasteiger partial charge in [0.05, 0.1) is 37.1 Å². The Balaban J connectivity index is 1.14. The molecule has 4 heterocycles. The number of aromatic hydroxyl groups is 1. The van der Waals surface area contributed by atoms with E-state index in [9.17, 15) is 9.90 Å². The Bertz CT molecular complexity index is 1560. The minimum Gasteiger partial charge on any atom is -0.508 e. The SMILES string of the molecule is COC1CCN(CC2(COc3nc4c(c(N5CCCCCC5C)n3)CN(C(=O)c3cc(O)cc5cccc(C)c35)C4)CC2)CC1. The lowest BCUT2D eigenvalue weighted by Crippen LogP contribution is -2.41. The van der Waals surface area contributed by atoms with Gasteiger partial charge in [-0.1, -0.05) is 31.0 Å². The summed E-state index contributed by atoms with van der Waals surface area (Å²) in [6.45, 7) is 9.88. The number of rotatable bonds is 8. The summed E-state index contributed by atoms with van der Waals surface area (Å²) in [6, 6.07) is 10.0. The number of ether oxygens (including phenoxy) is 2. The smallest absolute Gasteiger partial charge is 0.318 e. The Labute approximate surface area is 266 Å². The summed E-state index contributed by atoms with van der Waals surface area (Å²) >= 11 is 0. The summed E-state index contributed by atoms with van der Waals surface area (Å²) in [5, 5.41) is 12.3. The molecule has 1 aromatic heterocycles. The number of amides is 1. The largest absolute Gasteiger partial charge is 0.508 e. The number of aromatic nitrogens is 2. The van der Waals surface area contributed by atoms with E-state index in [1.165, 1.54) is 12.8 Å². The number of methoxy groups -OCH3 is 1. The molecule has 45 heavy (non-hydrogen) atoms. The van der Waals surface area contributed by atoms with Gasteiger partial charge in [-0.05, 0) is 80.8 Å². The number of piperidine rings is 1. The Morgan fingerprint density at radius 1 is 1.04 bits per heavy atom. The fourth-order valence-corrected chi connectivity index (χ4v) is 7.71. The number of aryl methyl sites for hydroxylation is 1. The molecule has 3 aromatic rings. The zero-order chi connectivity index (χ0) is 31.1. The van der Waals surface area contributed by atoms with Crippen molar-refractivity contribution in [3.63, 3.8) is 0 Å². The third-order valence-electron chi connectivity index (χ3n) is 10.6. The van der Waals surface area contributed by atoms with Crippen molar-refractivity contribution >= 4 is 22.5 Å². The number of phenols is 1. The van der Waals surface area contributed by atoms with E-state index in [0.29, 0.717) is 43.4 Å². The van der Waals surface area contributed by atoms with E-state index in [-0.39, 0.29) is 17.1 Å². The van der Waals surface area contributed by atoms with Crippen molar-refractivity contribution in [3.8, 4) is 11.8 Å². The number of hydrogen-bond donors (Lipinski definition) is 1. The lowest BCUT2D eigenvalue weighted by molar-refractivity contribution is 0.0313. The van der Waals surface area contributed by atoms with Crippen LogP contribution in [-0.2, 0) is 17.8 Å². The third kappa shape index (κ3) is 6.21. The summed E-state index contributed by atoms with van der Waals surface area (Å²) in [5.74, 6) is 0.914. The first-order valence-electron chi connectivity index (χ1n) is 16.9. The van der Waals surface area contributed by atoms with Gasteiger partial charge in [0.15, 0.2) is 0 Å². The predicted molar refractivity (Wildman–Crippen MR) is 175 cm³/mol. The minimum absolute atomic E-state index is 0.0970. The molecule has 1 saturated carbocycles. The maximum Gasteiger partial charge on any atom is 0.318 e. The number of carbonyl (C=O) groups is 1. The minimum atomic E-state index is -0.102. The average Bonchev–Trinajstić information content (AvgIpc) is 3.72. The van der Waals surface area contributed by atoms with Crippen LogP contribution in [0.5, 0.6) is 11.8 Å². The number of likely N-dealkylation sites (tertiary alicyclic amines) is 1. The highest BCUT2D eigenvalue weighted by Crippen LogP contribution is 2.47. The molecule has 0 bridgehead atoms. The molecule has 1 N–H and O–H groups in total. The van der Waals surface area contributed by atoms with Crippen molar-refractivity contribution in [1.29, 1.82) is 0 Å². The van der Waals surface area contributed by atoms with E-state index < -0.39 is 0 Å². The Hall–Kier alpha value is -3.43. The number of nitrogens with zero attached hydrogens (tertiary/aromatic N) is 5. The van der Waals surface area contributed by atoms with E-state index >= 15 is 0 Å². The van der Waals surface area contributed by atoms with Crippen molar-refractivity contribution < 1.29 is 19.4 Å². The van der Waals surface area contributed by atoms with Gasteiger partial charge >= 0.3 is 6.01 Å². The van der Waals surface area contributed by atoms with Gasteiger partial charge in [-0.25, -0.2) is 0 Å². The Kier molecular flexibility index (Phi) is 8.33. The summed E-state index contributed by atoms with van der Waals surface area (Å²) < 4.78 is 12.0. The Morgan fingerprint density at radius 3 is 2.64 bits per heavy atom. The molecule has 1 unspecified atom stereocenters. The second kappa shape index (κ2) is 12.4. The fraction of sp³-hybridized carbons (Fsp3) is 0.583. The highest BCUT2D eigenvalue weighted by Gasteiger charge is 2.45. The molecule has 9 nitrogen and oxygen atoms in total. The molecule has 7 rings (SSSR count). The number of hydrogen-bond acceptors (Lipinski definition) is 8. The molecule has 1 amide bonds. The molecule has 2 aromatic carbocycles. The summed E-state index contributed by atoms with van der Waals surface area (Å²) in [7, 11) is 1.82. The molecule has 240 valence electrons. The second-order valence-electron chi connectivity index (χ2n) is 14.0. The average molecular weight is 614 g/mol. The van der Waals surface area contributed by atoms with Gasteiger partial charge in [0, 0.05) is 50.3 Å². The van der Waals surface area contributed by atoms with Gasteiger partial charge in [0.25, 0.3) is 5.91 Å². The lowest BCUT2D eigenvalue weighted by Gasteiger charge is -2.33. The predicted octanol–water partition coefficient (Wildman–Crippen LogP) is 5.84. The van der Waals surface area contributed by atoms with Crippen LogP contribution < -0.4 is 9.64 Å². The maximum atomic E-state index is 14.1. The van der Waals surface area contributed by atoms with Gasteiger partial charge in [-0.3, -0.25) is 4.79 Å². The van der Waals surface area contributed by atoms with Crippen LogP contribution in [0.4, 0.5) is 5.82 Å². The number of phenolic OH excluding ortho intramolecular Hbond substituents is 1. The number of anilines is 1. The number of carbonyl (C=O) groups excluding carboxylic acids is 1. The van der Waals surface area contributed by atoms with E-state index in [1.54, 1.807) is 12.1 Å². The highest BCUT2D eigenvalue weighted by atomic mass is 16.5. The number of fused-ring (bicyclic) bond motifs is 2. The summed E-state index contributed by atoms with van der Waals surface area (Å²) in [4.78, 5) is 31.0. The molecular weight excluding hydrogens is 566 g/mol. The standard InChI is InChI=1S/C36H47N5O4/c1-24-8-7-10-26-18-27(42)19-29(32(24)26)34(43)40-20-30-31(21-40)37-35(38-33(30)41-15-6-4-5-9-25(41)2)45-23-36(13-14-36)22-39-16-11-28(44-3)12-17-39/h7-8,10,18-19,25,28,42H,4-6,9,11-17,20-23H2,1-3H3. The highest BCUT2D eigenvalue weighted by molar-refractivity contribution is 6.09. The van der Waals surface area contributed by atoms with Crippen LogP contribution in [0, 0.1) is 12.3 Å². The normalized spacial score (nSPS) is 22.0. The third-order valence-corrected chi connectivity index (χ3v) is 10.6. The van der Waals surface area contributed by atoms with Crippen LogP contribution in [0.1, 0.15) is 85.5 Å². The lowest BCUT2D eigenvalue weighted by atomic mass is 9.98. The van der Waals surface area contributed by atoms with Crippen LogP contribution in [0.15, 0.2) is 30.3 Å². The van der Waals surface area contributed by atoms with Gasteiger partial charge in [-0.2, -0.15) is 9.97 Å². The van der Waals surface area contributed by atoms with Crippen LogP contribution in [0.25, 0.3) is 10.8 Å². The molecule has 9 heteroatoms. The van der Waals surface area contributed by atoms with Crippen molar-refractivity contribution in [3.05, 3.63) is 52.7 Å². The van der Waals surface area contributed by atoms with E-state index in [0.717, 1.165) is 98.1 Å². The van der Waals surface area contributed by atoms with Crippen LogP contribution in [0.3, 0.4) is 0 Å². The van der Waals surface area contributed by atoms with Gasteiger partial charge in [0.2, 0.25) is 0 Å². The van der Waals surface area contributed by atoms with Gasteiger partial charge < -0.3 is 29.3 Å². The molecule has 0 radical (unpaired) electrons. The van der Waals surface area contributed by atoms with Crippen molar-refractivity contribution in [2.24, 2.45) is 5.41 Å². The van der Waals surface area contributed by atoms with Gasteiger partial charge in [-0.15, -0.1) is 0 Å². The van der Waals surface area contributed by atoms with Crippen LogP contribution in [-0.4, -0.2) is 82.8 Å². The first kappa shape index (κ1) is 30.2. The molecule has 3 fully saturated rings. The maximum absolute atomic E-state index is 14.1. The van der Waals surface area contributed by atoms with E-state index in [4.69, 9.17) is 19.4 Å². The summed E-state index contributed by atoms with van der Waals surface area (Å²) in [6.07, 6.45) is 9.57. The zero-order valence-corrected chi connectivity index (χ0v) is 27.1. The first-order chi connectivity index (χ1) is 21.8. The first-order valence-corrected chi connectivity index (χ1v) is 16.9. The molecule has 3 aliphatic heterocycles. The topological polar surface area (TPSA) is 91.3 Å². The van der Waals surface area contributed by atoms with Crippen LogP contribution in [0.2, 0.25) is 0 Å². The van der Waals surface area contributed by atoms with Crippen molar-refractivity contribution in [2.45, 2.75) is 90.4 Å². The molecule has 1 atom stereocenters. The molecule has 4 aliphatic rings.